The Kier molecular flexibility index (Phi) is 4.97. The van der Waals surface area contributed by atoms with E-state index in [1.54, 1.807) is 16.4 Å². The lowest BCUT2D eigenvalue weighted by atomic mass is 9.97. The van der Waals surface area contributed by atoms with Gasteiger partial charge in [0.1, 0.15) is 0 Å². The third-order valence-corrected chi connectivity index (χ3v) is 8.23. The van der Waals surface area contributed by atoms with Crippen LogP contribution in [-0.4, -0.2) is 43.3 Å². The Bertz CT molecular complexity index is 1150. The normalized spacial score (nSPS) is 18.0. The first-order valence-electron chi connectivity index (χ1n) is 10.5. The summed E-state index contributed by atoms with van der Waals surface area (Å²) in [6.45, 7) is 5.12. The molecule has 0 aromatic heterocycles. The summed E-state index contributed by atoms with van der Waals surface area (Å²) in [6.07, 6.45) is 1.04. The Morgan fingerprint density at radius 2 is 1.40 bits per heavy atom. The van der Waals surface area contributed by atoms with Crippen LogP contribution in [0, 0.1) is 6.92 Å². The zero-order valence-corrected chi connectivity index (χ0v) is 18.0. The van der Waals surface area contributed by atoms with E-state index in [4.69, 9.17) is 0 Å². The molecule has 0 unspecified atom stereocenters. The highest BCUT2D eigenvalue weighted by Crippen LogP contribution is 2.29. The molecule has 3 aromatic rings. The van der Waals surface area contributed by atoms with E-state index >= 15 is 0 Å². The second-order valence-corrected chi connectivity index (χ2v) is 10.3. The Balaban J connectivity index is 1.25. The van der Waals surface area contributed by atoms with Crippen molar-refractivity contribution >= 4 is 10.0 Å². The Labute approximate surface area is 178 Å². The zero-order chi connectivity index (χ0) is 20.7. The molecule has 0 saturated carbocycles. The average Bonchev–Trinajstić information content (AvgIpc) is 2.73. The van der Waals surface area contributed by atoms with Gasteiger partial charge in [0, 0.05) is 32.2 Å². The van der Waals surface area contributed by atoms with Gasteiger partial charge >= 0.3 is 0 Å². The summed E-state index contributed by atoms with van der Waals surface area (Å²) in [7, 11) is -3.43. The van der Waals surface area contributed by atoms with E-state index in [2.05, 4.69) is 60.4 Å². The molecule has 0 radical (unpaired) electrons. The molecule has 154 valence electrons. The molecule has 0 atom stereocenters. The zero-order valence-electron chi connectivity index (χ0n) is 17.2. The molecule has 2 aliphatic heterocycles. The van der Waals surface area contributed by atoms with Gasteiger partial charge in [-0.2, -0.15) is 4.31 Å². The molecule has 0 amide bonds. The van der Waals surface area contributed by atoms with Gasteiger partial charge in [-0.25, -0.2) is 8.42 Å². The molecule has 3 aromatic carbocycles. The first-order valence-corrected chi connectivity index (χ1v) is 11.9. The van der Waals surface area contributed by atoms with Crippen LogP contribution < -0.4 is 0 Å². The van der Waals surface area contributed by atoms with Crippen LogP contribution >= 0.6 is 0 Å². The minimum absolute atomic E-state index is 0.306. The fraction of sp³-hybridized carbons (Fsp3) is 0.280. The summed E-state index contributed by atoms with van der Waals surface area (Å²) >= 11 is 0. The van der Waals surface area contributed by atoms with E-state index in [1.165, 1.54) is 16.7 Å². The van der Waals surface area contributed by atoms with Crippen LogP contribution in [-0.2, 0) is 23.0 Å². The topological polar surface area (TPSA) is 40.6 Å². The smallest absolute Gasteiger partial charge is 0.243 e. The van der Waals surface area contributed by atoms with Gasteiger partial charge in [0.2, 0.25) is 10.0 Å². The molecule has 2 aliphatic rings. The first kappa shape index (κ1) is 19.5. The molecule has 5 rings (SSSR count). The molecule has 30 heavy (non-hydrogen) atoms. The van der Waals surface area contributed by atoms with Gasteiger partial charge < -0.3 is 0 Å². The fourth-order valence-electron chi connectivity index (χ4n) is 4.39. The lowest BCUT2D eigenvalue weighted by Gasteiger charge is -2.46. The molecule has 0 spiro atoms. The third-order valence-electron chi connectivity index (χ3n) is 6.38. The summed E-state index contributed by atoms with van der Waals surface area (Å²) in [5.74, 6) is 0. The van der Waals surface area contributed by atoms with Crippen molar-refractivity contribution in [1.82, 2.24) is 9.21 Å². The molecule has 4 nitrogen and oxygen atoms in total. The SMILES string of the molecule is Cc1ccc(-c2ccc(S(=O)(=O)N3CC(N4CCc5ccccc5C4)C3)cc2)cc1. The van der Waals surface area contributed by atoms with E-state index in [-0.39, 0.29) is 0 Å². The van der Waals surface area contributed by atoms with Gasteiger partial charge in [0.05, 0.1) is 4.90 Å². The van der Waals surface area contributed by atoms with Crippen LogP contribution in [0.2, 0.25) is 0 Å². The second kappa shape index (κ2) is 7.65. The highest BCUT2D eigenvalue weighted by Gasteiger charge is 2.40. The maximum absolute atomic E-state index is 13.0. The minimum Gasteiger partial charge on any atom is -0.293 e. The number of fused-ring (bicyclic) bond motifs is 1. The quantitative estimate of drug-likeness (QED) is 0.641. The lowest BCUT2D eigenvalue weighted by molar-refractivity contribution is 0.0769. The van der Waals surface area contributed by atoms with Gasteiger partial charge in [-0.05, 0) is 47.7 Å². The van der Waals surface area contributed by atoms with Crippen LogP contribution in [0.15, 0.2) is 77.7 Å². The van der Waals surface area contributed by atoms with E-state index in [1.807, 2.05) is 12.1 Å². The predicted octanol–water partition coefficient (Wildman–Crippen LogP) is 4.09. The van der Waals surface area contributed by atoms with Gasteiger partial charge in [0.15, 0.2) is 0 Å². The largest absolute Gasteiger partial charge is 0.293 e. The molecule has 2 heterocycles. The van der Waals surface area contributed by atoms with E-state index in [0.29, 0.717) is 24.0 Å². The molecule has 0 aliphatic carbocycles. The van der Waals surface area contributed by atoms with Crippen LogP contribution in [0.1, 0.15) is 16.7 Å². The molecule has 0 N–H and O–H groups in total. The van der Waals surface area contributed by atoms with Crippen molar-refractivity contribution in [1.29, 1.82) is 0 Å². The van der Waals surface area contributed by atoms with Gasteiger partial charge in [-0.15, -0.1) is 0 Å². The monoisotopic (exact) mass is 418 g/mol. The van der Waals surface area contributed by atoms with Crippen molar-refractivity contribution in [2.45, 2.75) is 30.8 Å². The predicted molar refractivity (Wildman–Crippen MR) is 120 cm³/mol. The number of rotatable bonds is 4. The Hall–Kier alpha value is -2.47. The molecule has 1 saturated heterocycles. The maximum atomic E-state index is 13.0. The summed E-state index contributed by atoms with van der Waals surface area (Å²) in [5.41, 5.74) is 6.13. The molecule has 0 bridgehead atoms. The van der Waals surface area contributed by atoms with Gasteiger partial charge in [-0.3, -0.25) is 4.90 Å². The maximum Gasteiger partial charge on any atom is 0.243 e. The van der Waals surface area contributed by atoms with Crippen LogP contribution in [0.25, 0.3) is 11.1 Å². The minimum atomic E-state index is -3.43. The number of benzene rings is 3. The highest BCUT2D eigenvalue weighted by molar-refractivity contribution is 7.89. The van der Waals surface area contributed by atoms with Gasteiger partial charge in [-0.1, -0.05) is 66.2 Å². The van der Waals surface area contributed by atoms with Crippen molar-refractivity contribution in [3.8, 4) is 11.1 Å². The molecular formula is C25H26N2O2S. The van der Waals surface area contributed by atoms with Crippen LogP contribution in [0.5, 0.6) is 0 Å². The van der Waals surface area contributed by atoms with Crippen LogP contribution in [0.4, 0.5) is 0 Å². The van der Waals surface area contributed by atoms with Crippen LogP contribution in [0.3, 0.4) is 0 Å². The summed E-state index contributed by atoms with van der Waals surface area (Å²) in [4.78, 5) is 2.80. The third kappa shape index (κ3) is 3.58. The number of nitrogens with zero attached hydrogens (tertiary/aromatic N) is 2. The first-order chi connectivity index (χ1) is 14.5. The van der Waals surface area contributed by atoms with Gasteiger partial charge in [0.25, 0.3) is 0 Å². The number of sulfonamides is 1. The van der Waals surface area contributed by atoms with Crippen molar-refractivity contribution in [3.63, 3.8) is 0 Å². The van der Waals surface area contributed by atoms with Crippen molar-refractivity contribution in [3.05, 3.63) is 89.5 Å². The number of hydrogen-bond donors (Lipinski definition) is 0. The van der Waals surface area contributed by atoms with E-state index < -0.39 is 10.0 Å². The van der Waals surface area contributed by atoms with Crippen molar-refractivity contribution < 1.29 is 8.42 Å². The van der Waals surface area contributed by atoms with E-state index in [9.17, 15) is 8.42 Å². The summed E-state index contributed by atoms with van der Waals surface area (Å²) < 4.78 is 27.7. The number of aryl methyl sites for hydroxylation is 1. The van der Waals surface area contributed by atoms with Crippen molar-refractivity contribution in [2.24, 2.45) is 0 Å². The van der Waals surface area contributed by atoms with Crippen molar-refractivity contribution in [2.75, 3.05) is 19.6 Å². The number of hydrogen-bond acceptors (Lipinski definition) is 3. The Morgan fingerprint density at radius 3 is 2.07 bits per heavy atom. The highest BCUT2D eigenvalue weighted by atomic mass is 32.2. The fourth-order valence-corrected chi connectivity index (χ4v) is 5.90. The molecule has 1 fully saturated rings. The lowest BCUT2D eigenvalue weighted by Crippen LogP contribution is -2.61. The summed E-state index contributed by atoms with van der Waals surface area (Å²) in [5, 5.41) is 0. The Morgan fingerprint density at radius 1 is 0.800 bits per heavy atom. The van der Waals surface area contributed by atoms with E-state index in [0.717, 1.165) is 30.6 Å². The molecular weight excluding hydrogens is 392 g/mol. The standard InChI is InChI=1S/C25H26N2O2S/c1-19-6-8-21(9-7-19)22-10-12-25(13-11-22)30(28,29)27-17-24(18-27)26-15-14-20-4-2-3-5-23(20)16-26/h2-13,24H,14-18H2,1H3. The summed E-state index contributed by atoms with van der Waals surface area (Å²) in [6, 6.07) is 24.4. The average molecular weight is 419 g/mol. The second-order valence-electron chi connectivity index (χ2n) is 8.36. The molecule has 5 heteroatoms.